The summed E-state index contributed by atoms with van der Waals surface area (Å²) in [6, 6.07) is 23.6. The number of carboxylic acid groups (broad SMARTS) is 1. The van der Waals surface area contributed by atoms with E-state index in [1.54, 1.807) is 18.2 Å². The number of hydrogen-bond acceptors (Lipinski definition) is 4. The molecule has 2 N–H and O–H groups in total. The molecule has 1 amide bonds. The molecule has 0 saturated heterocycles. The summed E-state index contributed by atoms with van der Waals surface area (Å²) in [5.74, 6) is -2.10. The maximum absolute atomic E-state index is 13.9. The zero-order chi connectivity index (χ0) is 36.1. The van der Waals surface area contributed by atoms with E-state index in [0.29, 0.717) is 23.1 Å². The molecule has 1 aliphatic carbocycles. The summed E-state index contributed by atoms with van der Waals surface area (Å²) < 4.78 is 59.3. The van der Waals surface area contributed by atoms with Gasteiger partial charge in [-0.25, -0.2) is 9.18 Å². The molecule has 4 aromatic carbocycles. The second-order valence-electron chi connectivity index (χ2n) is 13.3. The van der Waals surface area contributed by atoms with Crippen molar-refractivity contribution in [1.29, 1.82) is 0 Å². The lowest BCUT2D eigenvalue weighted by atomic mass is 9.91. The van der Waals surface area contributed by atoms with E-state index in [4.69, 9.17) is 17.0 Å². The number of thiocarbonyl (C=S) groups is 1. The Morgan fingerprint density at radius 1 is 0.902 bits per heavy atom. The fraction of sp³-hybridized carbons (Fsp3) is 0.325. The number of fused-ring (bicyclic) bond motifs is 1. The standard InChI is InChI=1S/C40H38F4N2O4S/c41-34-17-12-27(18-33(34)40(42,43)44)24-50-32-16-15-30-22-36(46(23-31(30)21-32)37(51)20-25-6-4-5-7-25)38(47)45-35(39(48)49)19-26-10-13-29(14-11-26)28-8-2-1-3-9-28/h1-3,8-18,21,25,35-36H,4-7,19-20,22-24H2,(H,45,47)(H,48,49)/t35-,36?/m0/s1. The molecule has 0 radical (unpaired) electrons. The minimum atomic E-state index is -4.83. The first-order chi connectivity index (χ1) is 24.4. The van der Waals surface area contributed by atoms with Gasteiger partial charge in [-0.15, -0.1) is 0 Å². The van der Waals surface area contributed by atoms with E-state index in [0.717, 1.165) is 65.6 Å². The molecular weight excluding hydrogens is 681 g/mol. The number of alkyl halides is 3. The molecule has 11 heteroatoms. The second-order valence-corrected chi connectivity index (χ2v) is 13.8. The quantitative estimate of drug-likeness (QED) is 0.120. The zero-order valence-electron chi connectivity index (χ0n) is 27.8. The van der Waals surface area contributed by atoms with E-state index in [2.05, 4.69) is 5.32 Å². The number of nitrogens with one attached hydrogen (secondary N) is 1. The number of nitrogens with zero attached hydrogens (tertiary/aromatic N) is 1. The Morgan fingerprint density at radius 3 is 2.27 bits per heavy atom. The van der Waals surface area contributed by atoms with Gasteiger partial charge in [0.15, 0.2) is 0 Å². The fourth-order valence-electron chi connectivity index (χ4n) is 6.94. The summed E-state index contributed by atoms with van der Waals surface area (Å²) in [5.41, 5.74) is 3.33. The first-order valence-corrected chi connectivity index (χ1v) is 17.4. The fourth-order valence-corrected chi connectivity index (χ4v) is 7.37. The van der Waals surface area contributed by atoms with Crippen molar-refractivity contribution in [1.82, 2.24) is 10.2 Å². The van der Waals surface area contributed by atoms with Crippen LogP contribution < -0.4 is 10.1 Å². The number of carbonyl (C=O) groups excluding carboxylic acids is 1. The van der Waals surface area contributed by atoms with Gasteiger partial charge >= 0.3 is 12.1 Å². The number of carbonyl (C=O) groups is 2. The number of halogens is 4. The summed E-state index contributed by atoms with van der Waals surface area (Å²) >= 11 is 5.94. The van der Waals surface area contributed by atoms with Crippen LogP contribution in [0.5, 0.6) is 5.75 Å². The molecule has 0 aromatic heterocycles. The second kappa shape index (κ2) is 15.6. The molecule has 2 aliphatic rings. The predicted molar refractivity (Wildman–Crippen MR) is 190 cm³/mol. The van der Waals surface area contributed by atoms with Gasteiger partial charge in [0.2, 0.25) is 5.91 Å². The number of amides is 1. The molecule has 0 spiro atoms. The lowest BCUT2D eigenvalue weighted by Crippen LogP contribution is -2.55. The Bertz CT molecular complexity index is 1880. The number of benzene rings is 4. The Morgan fingerprint density at radius 2 is 1.59 bits per heavy atom. The lowest BCUT2D eigenvalue weighted by Gasteiger charge is -2.39. The van der Waals surface area contributed by atoms with Gasteiger partial charge in [0.1, 0.15) is 30.3 Å². The van der Waals surface area contributed by atoms with Crippen molar-refractivity contribution in [2.24, 2.45) is 5.92 Å². The average molecular weight is 719 g/mol. The van der Waals surface area contributed by atoms with Gasteiger partial charge in [0, 0.05) is 25.8 Å². The molecule has 1 unspecified atom stereocenters. The van der Waals surface area contributed by atoms with Crippen molar-refractivity contribution < 1.29 is 37.0 Å². The largest absolute Gasteiger partial charge is 0.489 e. The van der Waals surface area contributed by atoms with Crippen LogP contribution in [0.25, 0.3) is 11.1 Å². The highest BCUT2D eigenvalue weighted by Crippen LogP contribution is 2.34. The SMILES string of the molecule is O=C(N[C@@H](Cc1ccc(-c2ccccc2)cc1)C(=O)O)C1Cc2ccc(OCc3ccc(F)c(C(F)(F)F)c3)cc2CN1C(=S)CC1CCCC1. The molecule has 2 atom stereocenters. The van der Waals surface area contributed by atoms with E-state index >= 15 is 0 Å². The normalized spacial score (nSPS) is 16.7. The maximum atomic E-state index is 13.9. The number of ether oxygens (including phenoxy) is 1. The molecule has 4 aromatic rings. The zero-order valence-corrected chi connectivity index (χ0v) is 28.6. The first-order valence-electron chi connectivity index (χ1n) is 17.0. The third-order valence-electron chi connectivity index (χ3n) is 9.73. The lowest BCUT2D eigenvalue weighted by molar-refractivity contribution is -0.142. The highest BCUT2D eigenvalue weighted by atomic mass is 32.1. The third kappa shape index (κ3) is 8.94. The minimum Gasteiger partial charge on any atom is -0.489 e. The van der Waals surface area contributed by atoms with E-state index in [9.17, 15) is 32.3 Å². The molecule has 1 saturated carbocycles. The van der Waals surface area contributed by atoms with Crippen LogP contribution in [0.3, 0.4) is 0 Å². The molecule has 1 heterocycles. The highest BCUT2D eigenvalue weighted by molar-refractivity contribution is 7.80. The van der Waals surface area contributed by atoms with Gasteiger partial charge < -0.3 is 20.1 Å². The van der Waals surface area contributed by atoms with Crippen molar-refractivity contribution in [2.45, 2.75) is 76.4 Å². The monoisotopic (exact) mass is 718 g/mol. The van der Waals surface area contributed by atoms with Crippen LogP contribution in [-0.4, -0.2) is 39.0 Å². The van der Waals surface area contributed by atoms with Gasteiger partial charge in [0.05, 0.1) is 10.6 Å². The Balaban J connectivity index is 1.18. The predicted octanol–water partition coefficient (Wildman–Crippen LogP) is 8.54. The van der Waals surface area contributed by atoms with E-state index in [-0.39, 0.29) is 31.6 Å². The minimum absolute atomic E-state index is 0.102. The van der Waals surface area contributed by atoms with Crippen LogP contribution in [0.2, 0.25) is 0 Å². The number of carboxylic acids is 1. The summed E-state index contributed by atoms with van der Waals surface area (Å²) in [6.07, 6.45) is 0.576. The summed E-state index contributed by atoms with van der Waals surface area (Å²) in [4.78, 5) is 28.8. The Kier molecular flexibility index (Phi) is 11.0. The number of rotatable bonds is 11. The van der Waals surface area contributed by atoms with Crippen molar-refractivity contribution in [2.75, 3.05) is 0 Å². The van der Waals surface area contributed by atoms with Crippen LogP contribution in [0, 0.1) is 11.7 Å². The molecule has 0 bridgehead atoms. The van der Waals surface area contributed by atoms with Crippen LogP contribution in [0.1, 0.15) is 59.9 Å². The van der Waals surface area contributed by atoms with E-state index in [1.807, 2.05) is 59.5 Å². The van der Waals surface area contributed by atoms with Gasteiger partial charge in [-0.05, 0) is 63.6 Å². The topological polar surface area (TPSA) is 78.9 Å². The van der Waals surface area contributed by atoms with Crippen molar-refractivity contribution in [3.05, 3.63) is 125 Å². The molecular formula is C40H38F4N2O4S. The molecule has 1 fully saturated rings. The smallest absolute Gasteiger partial charge is 0.419 e. The molecule has 6 nitrogen and oxygen atoms in total. The summed E-state index contributed by atoms with van der Waals surface area (Å²) in [5, 5.41) is 12.9. The van der Waals surface area contributed by atoms with Gasteiger partial charge in [-0.3, -0.25) is 4.79 Å². The van der Waals surface area contributed by atoms with E-state index in [1.165, 1.54) is 6.07 Å². The van der Waals surface area contributed by atoms with Crippen molar-refractivity contribution in [3.8, 4) is 16.9 Å². The third-order valence-corrected chi connectivity index (χ3v) is 10.1. The van der Waals surface area contributed by atoms with Gasteiger partial charge in [0.25, 0.3) is 0 Å². The molecule has 1 aliphatic heterocycles. The Labute approximate surface area is 299 Å². The van der Waals surface area contributed by atoms with Crippen LogP contribution in [0.15, 0.2) is 91.0 Å². The number of aliphatic carboxylic acids is 1. The first kappa shape index (κ1) is 36.0. The highest BCUT2D eigenvalue weighted by Gasteiger charge is 2.37. The average Bonchev–Trinajstić information content (AvgIpc) is 3.63. The van der Waals surface area contributed by atoms with E-state index < -0.39 is 41.5 Å². The van der Waals surface area contributed by atoms with Gasteiger partial charge in [-0.1, -0.05) is 105 Å². The molecule has 51 heavy (non-hydrogen) atoms. The van der Waals surface area contributed by atoms with Crippen LogP contribution in [0.4, 0.5) is 17.6 Å². The van der Waals surface area contributed by atoms with Crippen LogP contribution in [-0.2, 0) is 41.8 Å². The van der Waals surface area contributed by atoms with Crippen LogP contribution >= 0.6 is 12.2 Å². The maximum Gasteiger partial charge on any atom is 0.419 e. The molecule has 266 valence electrons. The summed E-state index contributed by atoms with van der Waals surface area (Å²) in [7, 11) is 0. The Hall–Kier alpha value is -4.77. The summed E-state index contributed by atoms with van der Waals surface area (Å²) in [6.45, 7) is 0.0756. The molecule has 6 rings (SSSR count). The van der Waals surface area contributed by atoms with Crippen molar-refractivity contribution in [3.63, 3.8) is 0 Å². The van der Waals surface area contributed by atoms with Gasteiger partial charge in [-0.2, -0.15) is 13.2 Å². The number of hydrogen-bond donors (Lipinski definition) is 2. The van der Waals surface area contributed by atoms with Crippen molar-refractivity contribution >= 4 is 29.1 Å².